The molecule has 5 atom stereocenters. The Kier molecular flexibility index (Phi) is 11.4. The van der Waals surface area contributed by atoms with Crippen LogP contribution in [0.1, 0.15) is 38.3 Å². The Labute approximate surface area is 274 Å². The molecular weight excluding hydrogens is 630 g/mol. The lowest BCUT2D eigenvalue weighted by molar-refractivity contribution is -0.0907. The van der Waals surface area contributed by atoms with Crippen molar-refractivity contribution in [2.75, 3.05) is 32.9 Å². The van der Waals surface area contributed by atoms with Gasteiger partial charge in [0, 0.05) is 30.6 Å². The summed E-state index contributed by atoms with van der Waals surface area (Å²) >= 11 is 0. The van der Waals surface area contributed by atoms with Gasteiger partial charge >= 0.3 is 12.2 Å². The maximum absolute atomic E-state index is 14.1. The standard InChI is InChI=1S/C33H43N3O10S/c1-4-42-32(38)34-16-23-19-44-29-11-10-24(15-26(23)29)47(40,41)36(17-21(2)3)18-28(37)27(14-22-8-6-5-7-9-22)35-33(39)46-30-20-45-31-25(30)12-13-43-31/h5-11,15,19,21,25,27-28,30-31,37H,4,12-14,16-18,20H2,1-3H3,(H,34,38)(H,35,39). The molecule has 5 unspecified atom stereocenters. The maximum atomic E-state index is 14.1. The van der Waals surface area contributed by atoms with Crippen LogP contribution in [-0.4, -0.2) is 87.5 Å². The third-order valence-corrected chi connectivity index (χ3v) is 10.1. The van der Waals surface area contributed by atoms with Crippen LogP contribution in [0.4, 0.5) is 9.59 Å². The topological polar surface area (TPSA) is 166 Å². The van der Waals surface area contributed by atoms with Crippen LogP contribution < -0.4 is 10.6 Å². The number of carbonyl (C=O) groups is 2. The van der Waals surface area contributed by atoms with Gasteiger partial charge < -0.3 is 39.1 Å². The highest BCUT2D eigenvalue weighted by Gasteiger charge is 2.44. The molecule has 2 aliphatic rings. The summed E-state index contributed by atoms with van der Waals surface area (Å²) < 4.78 is 56.8. The lowest BCUT2D eigenvalue weighted by Gasteiger charge is -2.31. The maximum Gasteiger partial charge on any atom is 0.407 e. The van der Waals surface area contributed by atoms with Gasteiger partial charge in [0.15, 0.2) is 6.29 Å². The minimum atomic E-state index is -4.14. The Bertz CT molecular complexity index is 1610. The summed E-state index contributed by atoms with van der Waals surface area (Å²) in [5, 5.41) is 17.5. The second-order valence-corrected chi connectivity index (χ2v) is 14.1. The minimum absolute atomic E-state index is 0.00168. The van der Waals surface area contributed by atoms with Gasteiger partial charge in [0.25, 0.3) is 0 Å². The number of carbonyl (C=O) groups excluding carboxylic acids is 2. The van der Waals surface area contributed by atoms with E-state index in [9.17, 15) is 23.1 Å². The van der Waals surface area contributed by atoms with E-state index in [1.54, 1.807) is 13.0 Å². The Balaban J connectivity index is 1.35. The summed E-state index contributed by atoms with van der Waals surface area (Å²) in [7, 11) is -4.14. The van der Waals surface area contributed by atoms with Crippen molar-refractivity contribution in [1.82, 2.24) is 14.9 Å². The molecule has 3 aromatic rings. The van der Waals surface area contributed by atoms with E-state index in [1.165, 1.54) is 22.7 Å². The highest BCUT2D eigenvalue weighted by Crippen LogP contribution is 2.33. The van der Waals surface area contributed by atoms with Gasteiger partial charge in [0.1, 0.15) is 11.7 Å². The van der Waals surface area contributed by atoms with Gasteiger partial charge in [-0.05, 0) is 49.4 Å². The number of nitrogens with one attached hydrogen (secondary N) is 2. The lowest BCUT2D eigenvalue weighted by Crippen LogP contribution is -2.51. The molecule has 2 fully saturated rings. The van der Waals surface area contributed by atoms with Crippen LogP contribution in [0.2, 0.25) is 0 Å². The zero-order chi connectivity index (χ0) is 33.6. The van der Waals surface area contributed by atoms with Gasteiger partial charge in [-0.15, -0.1) is 0 Å². The van der Waals surface area contributed by atoms with E-state index in [-0.39, 0.29) is 62.3 Å². The zero-order valence-electron chi connectivity index (χ0n) is 26.8. The number of aliphatic hydroxyl groups excluding tert-OH is 1. The highest BCUT2D eigenvalue weighted by atomic mass is 32.2. The second-order valence-electron chi connectivity index (χ2n) is 12.2. The van der Waals surface area contributed by atoms with Gasteiger partial charge in [-0.1, -0.05) is 44.2 Å². The molecule has 5 rings (SSSR count). The van der Waals surface area contributed by atoms with Crippen molar-refractivity contribution in [2.24, 2.45) is 11.8 Å². The molecule has 3 N–H and O–H groups in total. The molecule has 0 spiro atoms. The fraction of sp³-hybridized carbons (Fsp3) is 0.515. The van der Waals surface area contributed by atoms with Crippen molar-refractivity contribution in [3.63, 3.8) is 0 Å². The molecule has 14 heteroatoms. The van der Waals surface area contributed by atoms with Crippen molar-refractivity contribution in [2.45, 2.75) is 69.6 Å². The molecule has 0 aliphatic carbocycles. The number of ether oxygens (including phenoxy) is 4. The van der Waals surface area contributed by atoms with Crippen LogP contribution in [0.25, 0.3) is 11.0 Å². The highest BCUT2D eigenvalue weighted by molar-refractivity contribution is 7.89. The molecule has 13 nitrogen and oxygen atoms in total. The molecule has 2 aliphatic heterocycles. The number of hydrogen-bond acceptors (Lipinski definition) is 10. The van der Waals surface area contributed by atoms with Crippen molar-refractivity contribution in [1.29, 1.82) is 0 Å². The van der Waals surface area contributed by atoms with Crippen LogP contribution in [-0.2, 0) is 41.9 Å². The molecule has 1 aromatic heterocycles. The Morgan fingerprint density at radius 2 is 1.87 bits per heavy atom. The molecular formula is C33H43N3O10S. The van der Waals surface area contributed by atoms with Gasteiger partial charge in [-0.2, -0.15) is 4.31 Å². The van der Waals surface area contributed by atoms with Crippen LogP contribution in [0.3, 0.4) is 0 Å². The molecule has 3 heterocycles. The quantitative estimate of drug-likeness (QED) is 0.229. The van der Waals surface area contributed by atoms with Crippen molar-refractivity contribution in [3.05, 3.63) is 65.9 Å². The molecule has 47 heavy (non-hydrogen) atoms. The zero-order valence-corrected chi connectivity index (χ0v) is 27.6. The normalized spacial score (nSPS) is 20.7. The Morgan fingerprint density at radius 3 is 2.62 bits per heavy atom. The van der Waals surface area contributed by atoms with Crippen molar-refractivity contribution >= 4 is 33.2 Å². The first kappa shape index (κ1) is 34.6. The first-order valence-corrected chi connectivity index (χ1v) is 17.3. The number of benzene rings is 2. The molecule has 2 aromatic carbocycles. The molecule has 2 saturated heterocycles. The molecule has 0 radical (unpaired) electrons. The number of amides is 2. The molecule has 256 valence electrons. The fourth-order valence-corrected chi connectivity index (χ4v) is 7.54. The summed E-state index contributed by atoms with van der Waals surface area (Å²) in [6, 6.07) is 12.9. The van der Waals surface area contributed by atoms with E-state index >= 15 is 0 Å². The third-order valence-electron chi connectivity index (χ3n) is 8.23. The average Bonchev–Trinajstić information content (AvgIpc) is 3.77. The van der Waals surface area contributed by atoms with Crippen LogP contribution in [0, 0.1) is 11.8 Å². The first-order valence-electron chi connectivity index (χ1n) is 15.9. The smallest absolute Gasteiger partial charge is 0.407 e. The van der Waals surface area contributed by atoms with Gasteiger partial charge in [-0.25, -0.2) is 18.0 Å². The van der Waals surface area contributed by atoms with Gasteiger partial charge in [0.2, 0.25) is 10.0 Å². The fourth-order valence-electron chi connectivity index (χ4n) is 5.89. The van der Waals surface area contributed by atoms with E-state index in [0.29, 0.717) is 29.6 Å². The van der Waals surface area contributed by atoms with E-state index < -0.39 is 40.5 Å². The molecule has 2 amide bonds. The SMILES string of the molecule is CCOC(=O)NCc1coc2ccc(S(=O)(=O)N(CC(C)C)CC(O)C(Cc3ccccc3)NC(=O)OC3COC4OCCC34)cc12. The van der Waals surface area contributed by atoms with E-state index in [2.05, 4.69) is 10.6 Å². The molecule has 0 saturated carbocycles. The predicted octanol–water partition coefficient (Wildman–Crippen LogP) is 3.79. The summed E-state index contributed by atoms with van der Waals surface area (Å²) in [6.07, 6.45) is -1.07. The van der Waals surface area contributed by atoms with Crippen LogP contribution >= 0.6 is 0 Å². The van der Waals surface area contributed by atoms with Gasteiger partial charge in [0.05, 0.1) is 49.0 Å². The number of furan rings is 1. The number of nitrogens with zero attached hydrogens (tertiary/aromatic N) is 1. The van der Waals surface area contributed by atoms with Crippen molar-refractivity contribution < 1.29 is 46.5 Å². The van der Waals surface area contributed by atoms with Crippen LogP contribution in [0.5, 0.6) is 0 Å². The Morgan fingerprint density at radius 1 is 1.09 bits per heavy atom. The number of rotatable bonds is 14. The summed E-state index contributed by atoms with van der Waals surface area (Å²) in [6.45, 7) is 6.33. The van der Waals surface area contributed by atoms with Crippen LogP contribution in [0.15, 0.2) is 64.1 Å². The van der Waals surface area contributed by atoms with Gasteiger partial charge in [-0.3, -0.25) is 0 Å². The number of hydrogen-bond donors (Lipinski definition) is 3. The first-order chi connectivity index (χ1) is 22.5. The number of sulfonamides is 1. The third kappa shape index (κ3) is 8.62. The summed E-state index contributed by atoms with van der Waals surface area (Å²) in [5.74, 6) is -0.132. The number of aliphatic hydroxyl groups is 1. The average molecular weight is 674 g/mol. The molecule has 0 bridgehead atoms. The lowest BCUT2D eigenvalue weighted by atomic mass is 10.0. The number of fused-ring (bicyclic) bond motifs is 2. The van der Waals surface area contributed by atoms with Crippen molar-refractivity contribution in [3.8, 4) is 0 Å². The summed E-state index contributed by atoms with van der Waals surface area (Å²) in [5.41, 5.74) is 1.88. The predicted molar refractivity (Wildman–Crippen MR) is 171 cm³/mol. The minimum Gasteiger partial charge on any atom is -0.464 e. The largest absolute Gasteiger partial charge is 0.464 e. The summed E-state index contributed by atoms with van der Waals surface area (Å²) in [4.78, 5) is 24.9. The monoisotopic (exact) mass is 673 g/mol. The Hall–Kier alpha value is -3.69. The van der Waals surface area contributed by atoms with E-state index in [1.807, 2.05) is 44.2 Å². The van der Waals surface area contributed by atoms with E-state index in [4.69, 9.17) is 23.4 Å². The van der Waals surface area contributed by atoms with E-state index in [0.717, 1.165) is 5.56 Å². The number of alkyl carbamates (subject to hydrolysis) is 2. The second kappa shape index (κ2) is 15.5.